The third-order valence-electron chi connectivity index (χ3n) is 2.48. The number of hydrogen-bond acceptors (Lipinski definition) is 3. The molecule has 0 amide bonds. The third-order valence-corrected chi connectivity index (χ3v) is 2.48. The molecule has 80 valence electrons. The Hall–Kier alpha value is -0.120. The molecular formula is C10H22O3. The summed E-state index contributed by atoms with van der Waals surface area (Å²) in [6, 6.07) is 0. The fourth-order valence-electron chi connectivity index (χ4n) is 0.970. The van der Waals surface area contributed by atoms with Gasteiger partial charge in [0.25, 0.3) is 0 Å². The Labute approximate surface area is 80.4 Å². The topological polar surface area (TPSA) is 60.7 Å². The van der Waals surface area contributed by atoms with Crippen LogP contribution in [0.2, 0.25) is 0 Å². The SMILES string of the molecule is CC(C)(CO)CC(O)C(C)(C)CO. The van der Waals surface area contributed by atoms with Gasteiger partial charge in [0, 0.05) is 12.0 Å². The monoisotopic (exact) mass is 190 g/mol. The summed E-state index contributed by atoms with van der Waals surface area (Å²) in [5.74, 6) is 0. The number of aliphatic hydroxyl groups is 3. The highest BCUT2D eigenvalue weighted by Gasteiger charge is 2.32. The van der Waals surface area contributed by atoms with Crippen molar-refractivity contribution in [3.8, 4) is 0 Å². The Morgan fingerprint density at radius 2 is 1.46 bits per heavy atom. The van der Waals surface area contributed by atoms with Gasteiger partial charge in [0.15, 0.2) is 0 Å². The van der Waals surface area contributed by atoms with Crippen LogP contribution in [-0.4, -0.2) is 34.6 Å². The van der Waals surface area contributed by atoms with E-state index in [1.54, 1.807) is 0 Å². The van der Waals surface area contributed by atoms with Crippen molar-refractivity contribution in [2.45, 2.75) is 40.2 Å². The van der Waals surface area contributed by atoms with E-state index in [4.69, 9.17) is 10.2 Å². The summed E-state index contributed by atoms with van der Waals surface area (Å²) in [7, 11) is 0. The van der Waals surface area contributed by atoms with Crippen molar-refractivity contribution >= 4 is 0 Å². The van der Waals surface area contributed by atoms with Gasteiger partial charge in [-0.05, 0) is 11.8 Å². The number of rotatable bonds is 5. The Morgan fingerprint density at radius 3 is 1.77 bits per heavy atom. The molecule has 3 nitrogen and oxygen atoms in total. The van der Waals surface area contributed by atoms with Crippen LogP contribution in [0.5, 0.6) is 0 Å². The predicted molar refractivity (Wildman–Crippen MR) is 52.4 cm³/mol. The van der Waals surface area contributed by atoms with Crippen molar-refractivity contribution in [3.05, 3.63) is 0 Å². The van der Waals surface area contributed by atoms with Gasteiger partial charge in [0.2, 0.25) is 0 Å². The number of aliphatic hydroxyl groups excluding tert-OH is 3. The van der Waals surface area contributed by atoms with E-state index in [1.807, 2.05) is 27.7 Å². The lowest BCUT2D eigenvalue weighted by molar-refractivity contribution is -0.0274. The molecule has 0 fully saturated rings. The minimum atomic E-state index is -0.584. The van der Waals surface area contributed by atoms with Gasteiger partial charge in [0.05, 0.1) is 12.7 Å². The van der Waals surface area contributed by atoms with Crippen LogP contribution in [-0.2, 0) is 0 Å². The van der Waals surface area contributed by atoms with Gasteiger partial charge in [-0.2, -0.15) is 0 Å². The van der Waals surface area contributed by atoms with Crippen molar-refractivity contribution in [3.63, 3.8) is 0 Å². The smallest absolute Gasteiger partial charge is 0.0619 e. The fourth-order valence-corrected chi connectivity index (χ4v) is 0.970. The van der Waals surface area contributed by atoms with Crippen LogP contribution in [0.25, 0.3) is 0 Å². The second-order valence-corrected chi connectivity index (χ2v) is 5.19. The summed E-state index contributed by atoms with van der Waals surface area (Å²) in [6.45, 7) is 7.41. The molecule has 3 N–H and O–H groups in total. The van der Waals surface area contributed by atoms with Gasteiger partial charge in [-0.1, -0.05) is 27.7 Å². The average Bonchev–Trinajstić information content (AvgIpc) is 2.04. The average molecular weight is 190 g/mol. The summed E-state index contributed by atoms with van der Waals surface area (Å²) in [4.78, 5) is 0. The van der Waals surface area contributed by atoms with Crippen molar-refractivity contribution in [2.75, 3.05) is 13.2 Å². The van der Waals surface area contributed by atoms with Gasteiger partial charge in [-0.25, -0.2) is 0 Å². The van der Waals surface area contributed by atoms with Gasteiger partial charge in [-0.3, -0.25) is 0 Å². The maximum absolute atomic E-state index is 9.77. The summed E-state index contributed by atoms with van der Waals surface area (Å²) in [6.07, 6.45) is -0.0866. The first-order valence-corrected chi connectivity index (χ1v) is 4.65. The van der Waals surface area contributed by atoms with E-state index in [2.05, 4.69) is 0 Å². The molecule has 0 aromatic carbocycles. The van der Waals surface area contributed by atoms with Crippen LogP contribution in [0.4, 0.5) is 0 Å². The largest absolute Gasteiger partial charge is 0.396 e. The molecule has 0 aliphatic rings. The predicted octanol–water partition coefficient (Wildman–Crippen LogP) is 0.774. The molecule has 0 saturated heterocycles. The van der Waals surface area contributed by atoms with Crippen LogP contribution in [0.1, 0.15) is 34.1 Å². The first kappa shape index (κ1) is 12.9. The molecule has 1 unspecified atom stereocenters. The van der Waals surface area contributed by atoms with Crippen molar-refractivity contribution in [1.29, 1.82) is 0 Å². The van der Waals surface area contributed by atoms with E-state index in [0.717, 1.165) is 0 Å². The van der Waals surface area contributed by atoms with E-state index >= 15 is 0 Å². The Balaban J connectivity index is 4.22. The van der Waals surface area contributed by atoms with Crippen LogP contribution < -0.4 is 0 Å². The standard InChI is InChI=1S/C10H22O3/c1-9(2,6-11)5-8(13)10(3,4)7-12/h8,11-13H,5-7H2,1-4H3. The van der Waals surface area contributed by atoms with Crippen molar-refractivity contribution < 1.29 is 15.3 Å². The minimum absolute atomic E-state index is 0.0460. The van der Waals surface area contributed by atoms with Crippen LogP contribution in [0, 0.1) is 10.8 Å². The van der Waals surface area contributed by atoms with E-state index < -0.39 is 11.5 Å². The Morgan fingerprint density at radius 1 is 1.00 bits per heavy atom. The maximum atomic E-state index is 9.77. The summed E-state index contributed by atoms with van der Waals surface area (Å²) in [5, 5.41) is 27.8. The highest BCUT2D eigenvalue weighted by molar-refractivity contribution is 4.82. The van der Waals surface area contributed by atoms with Crippen LogP contribution >= 0.6 is 0 Å². The molecule has 0 aliphatic carbocycles. The van der Waals surface area contributed by atoms with Gasteiger partial charge < -0.3 is 15.3 Å². The highest BCUT2D eigenvalue weighted by Crippen LogP contribution is 2.30. The molecule has 3 heteroatoms. The van der Waals surface area contributed by atoms with Crippen LogP contribution in [0.15, 0.2) is 0 Å². The lowest BCUT2D eigenvalue weighted by atomic mass is 9.77. The molecule has 0 spiro atoms. The third kappa shape index (κ3) is 4.07. The lowest BCUT2D eigenvalue weighted by Crippen LogP contribution is -2.37. The fraction of sp³-hybridized carbons (Fsp3) is 1.00. The summed E-state index contributed by atoms with van der Waals surface area (Å²) in [5.41, 5.74) is -0.779. The molecule has 0 aliphatic heterocycles. The summed E-state index contributed by atoms with van der Waals surface area (Å²) >= 11 is 0. The van der Waals surface area contributed by atoms with Crippen molar-refractivity contribution in [2.24, 2.45) is 10.8 Å². The van der Waals surface area contributed by atoms with E-state index in [-0.39, 0.29) is 18.6 Å². The Kier molecular flexibility index (Phi) is 4.36. The zero-order valence-corrected chi connectivity index (χ0v) is 9.04. The van der Waals surface area contributed by atoms with E-state index in [1.165, 1.54) is 0 Å². The first-order chi connectivity index (χ1) is 5.75. The molecule has 0 radical (unpaired) electrons. The van der Waals surface area contributed by atoms with E-state index in [0.29, 0.717) is 6.42 Å². The molecule has 13 heavy (non-hydrogen) atoms. The quantitative estimate of drug-likeness (QED) is 0.600. The summed E-state index contributed by atoms with van der Waals surface area (Å²) < 4.78 is 0. The second kappa shape index (κ2) is 4.40. The zero-order valence-electron chi connectivity index (χ0n) is 9.04. The number of hydrogen-bond donors (Lipinski definition) is 3. The molecular weight excluding hydrogens is 168 g/mol. The minimum Gasteiger partial charge on any atom is -0.396 e. The normalized spacial score (nSPS) is 15.9. The first-order valence-electron chi connectivity index (χ1n) is 4.65. The van der Waals surface area contributed by atoms with Crippen LogP contribution in [0.3, 0.4) is 0 Å². The molecule has 0 saturated carbocycles. The molecule has 0 bridgehead atoms. The molecule has 0 heterocycles. The van der Waals surface area contributed by atoms with E-state index in [9.17, 15) is 5.11 Å². The molecule has 1 atom stereocenters. The second-order valence-electron chi connectivity index (χ2n) is 5.19. The van der Waals surface area contributed by atoms with Gasteiger partial charge in [-0.15, -0.1) is 0 Å². The highest BCUT2D eigenvalue weighted by atomic mass is 16.3. The molecule has 0 aromatic rings. The maximum Gasteiger partial charge on any atom is 0.0619 e. The molecule has 0 rings (SSSR count). The van der Waals surface area contributed by atoms with Gasteiger partial charge >= 0.3 is 0 Å². The Bertz CT molecular complexity index is 152. The van der Waals surface area contributed by atoms with Crippen molar-refractivity contribution in [1.82, 2.24) is 0 Å². The lowest BCUT2D eigenvalue weighted by Gasteiger charge is -2.33. The zero-order chi connectivity index (χ0) is 10.7. The molecule has 0 aromatic heterocycles. The van der Waals surface area contributed by atoms with Gasteiger partial charge in [0.1, 0.15) is 0 Å².